The minimum atomic E-state index is 0.666. The minimum absolute atomic E-state index is 0.666. The van der Waals surface area contributed by atoms with Crippen molar-refractivity contribution in [2.75, 3.05) is 14.2 Å². The molecule has 0 amide bonds. The van der Waals surface area contributed by atoms with E-state index in [4.69, 9.17) is 14.5 Å². The molecule has 0 fully saturated rings. The highest BCUT2D eigenvalue weighted by Gasteiger charge is 2.10. The third-order valence-electron chi connectivity index (χ3n) is 2.46. The van der Waals surface area contributed by atoms with Crippen LogP contribution in [0.25, 0.3) is 11.1 Å². The summed E-state index contributed by atoms with van der Waals surface area (Å²) >= 11 is 0. The van der Waals surface area contributed by atoms with E-state index in [2.05, 4.69) is 0 Å². The van der Waals surface area contributed by atoms with Crippen LogP contribution in [0.1, 0.15) is 0 Å². The van der Waals surface area contributed by atoms with Crippen LogP contribution in [0.2, 0.25) is 0 Å². The van der Waals surface area contributed by atoms with Crippen LogP contribution in [-0.2, 0) is 4.89 Å². The molecule has 0 heterocycles. The molecule has 88 valence electrons. The van der Waals surface area contributed by atoms with Gasteiger partial charge in [-0.25, -0.2) is 0 Å². The van der Waals surface area contributed by atoms with Gasteiger partial charge in [-0.05, 0) is 12.1 Å². The lowest BCUT2D eigenvalue weighted by Gasteiger charge is -2.11. The van der Waals surface area contributed by atoms with Gasteiger partial charge < -0.3 is 9.62 Å². The highest BCUT2D eigenvalue weighted by Crippen LogP contribution is 2.35. The van der Waals surface area contributed by atoms with E-state index in [1.54, 1.807) is 7.11 Å². The van der Waals surface area contributed by atoms with Crippen LogP contribution in [0.5, 0.6) is 11.5 Å². The predicted octanol–water partition coefficient (Wildman–Crippen LogP) is 3.30. The van der Waals surface area contributed by atoms with Crippen LogP contribution in [0.3, 0.4) is 0 Å². The van der Waals surface area contributed by atoms with Gasteiger partial charge in [-0.2, -0.15) is 4.89 Å². The zero-order chi connectivity index (χ0) is 12.1. The fraction of sp³-hybridized carbons (Fsp3) is 0.143. The molecule has 0 saturated heterocycles. The molecule has 2 aromatic rings. The van der Waals surface area contributed by atoms with E-state index >= 15 is 0 Å². The summed E-state index contributed by atoms with van der Waals surface area (Å²) in [6, 6.07) is 15.5. The van der Waals surface area contributed by atoms with Crippen LogP contribution >= 0.6 is 0 Å². The number of hydrogen-bond donors (Lipinski definition) is 0. The Hall–Kier alpha value is -2.00. The lowest BCUT2D eigenvalue weighted by molar-refractivity contribution is -0.177. The smallest absolute Gasteiger partial charge is 0.173 e. The topological polar surface area (TPSA) is 27.7 Å². The second kappa shape index (κ2) is 5.37. The first-order valence-corrected chi connectivity index (χ1v) is 5.30. The molecule has 0 aliphatic rings. The van der Waals surface area contributed by atoms with Crippen molar-refractivity contribution in [2.24, 2.45) is 0 Å². The molecule has 3 nitrogen and oxygen atoms in total. The van der Waals surface area contributed by atoms with Crippen LogP contribution in [0.15, 0.2) is 48.5 Å². The van der Waals surface area contributed by atoms with Crippen molar-refractivity contribution in [1.82, 2.24) is 0 Å². The minimum Gasteiger partial charge on any atom is -0.496 e. The molecule has 0 atom stereocenters. The van der Waals surface area contributed by atoms with Gasteiger partial charge in [0.15, 0.2) is 5.75 Å². The highest BCUT2D eigenvalue weighted by molar-refractivity contribution is 5.75. The number of hydrogen-bond acceptors (Lipinski definition) is 3. The van der Waals surface area contributed by atoms with Crippen molar-refractivity contribution in [3.63, 3.8) is 0 Å². The van der Waals surface area contributed by atoms with Crippen LogP contribution in [-0.4, -0.2) is 14.2 Å². The summed E-state index contributed by atoms with van der Waals surface area (Å²) in [5.74, 6) is 1.47. The van der Waals surface area contributed by atoms with Gasteiger partial charge in [-0.1, -0.05) is 36.4 Å². The lowest BCUT2D eigenvalue weighted by Crippen LogP contribution is -1.94. The number of methoxy groups -OCH3 is 1. The van der Waals surface area contributed by atoms with E-state index in [9.17, 15) is 0 Å². The van der Waals surface area contributed by atoms with Gasteiger partial charge in [-0.3, -0.25) is 0 Å². The number of benzene rings is 2. The van der Waals surface area contributed by atoms with Crippen LogP contribution in [0, 0.1) is 0 Å². The Morgan fingerprint density at radius 3 is 1.82 bits per heavy atom. The Balaban J connectivity index is 2.52. The molecule has 17 heavy (non-hydrogen) atoms. The van der Waals surface area contributed by atoms with Crippen molar-refractivity contribution >= 4 is 0 Å². The van der Waals surface area contributed by atoms with E-state index in [1.807, 2.05) is 48.5 Å². The maximum Gasteiger partial charge on any atom is 0.173 e. The first kappa shape index (κ1) is 11.5. The molecule has 2 rings (SSSR count). The Labute approximate surface area is 100 Å². The summed E-state index contributed by atoms with van der Waals surface area (Å²) in [5, 5.41) is 0. The monoisotopic (exact) mass is 230 g/mol. The molecule has 0 spiro atoms. The maximum atomic E-state index is 5.34. The van der Waals surface area contributed by atoms with Crippen LogP contribution in [0.4, 0.5) is 0 Å². The van der Waals surface area contributed by atoms with Crippen molar-refractivity contribution in [3.8, 4) is 22.6 Å². The van der Waals surface area contributed by atoms with Crippen LogP contribution < -0.4 is 9.62 Å². The highest BCUT2D eigenvalue weighted by atomic mass is 17.2. The average molecular weight is 230 g/mol. The van der Waals surface area contributed by atoms with E-state index in [-0.39, 0.29) is 0 Å². The van der Waals surface area contributed by atoms with E-state index in [0.717, 1.165) is 16.9 Å². The van der Waals surface area contributed by atoms with Gasteiger partial charge in [0.05, 0.1) is 14.2 Å². The molecule has 0 aliphatic heterocycles. The van der Waals surface area contributed by atoms with Crippen molar-refractivity contribution < 1.29 is 14.5 Å². The maximum absolute atomic E-state index is 5.34. The van der Waals surface area contributed by atoms with Crippen molar-refractivity contribution in [1.29, 1.82) is 0 Å². The normalized spacial score (nSPS) is 10.0. The molecular formula is C14H14O3. The molecule has 0 N–H and O–H groups in total. The number of para-hydroxylation sites is 2. The van der Waals surface area contributed by atoms with Gasteiger partial charge in [0, 0.05) is 11.1 Å². The summed E-state index contributed by atoms with van der Waals surface area (Å²) in [5.41, 5.74) is 1.91. The third kappa shape index (κ3) is 2.40. The standard InChI is InChI=1S/C14H14O3/c1-15-13-9-5-3-7-11(13)12-8-4-6-10-14(12)17-16-2/h3-10H,1-2H3. The molecule has 0 radical (unpaired) electrons. The Morgan fingerprint density at radius 1 is 0.706 bits per heavy atom. The second-order valence-corrected chi connectivity index (χ2v) is 3.45. The SMILES string of the molecule is COOc1ccccc1-c1ccccc1OC. The average Bonchev–Trinajstić information content (AvgIpc) is 2.40. The van der Waals surface area contributed by atoms with E-state index in [0.29, 0.717) is 5.75 Å². The summed E-state index contributed by atoms with van der Waals surface area (Å²) in [6.45, 7) is 0. The van der Waals surface area contributed by atoms with E-state index in [1.165, 1.54) is 7.11 Å². The number of ether oxygens (including phenoxy) is 1. The van der Waals surface area contributed by atoms with Gasteiger partial charge in [0.1, 0.15) is 5.75 Å². The fourth-order valence-corrected chi connectivity index (χ4v) is 1.72. The largest absolute Gasteiger partial charge is 0.496 e. The first-order valence-electron chi connectivity index (χ1n) is 5.30. The van der Waals surface area contributed by atoms with Gasteiger partial charge >= 0.3 is 0 Å². The second-order valence-electron chi connectivity index (χ2n) is 3.45. The summed E-state index contributed by atoms with van der Waals surface area (Å²) in [7, 11) is 3.14. The molecule has 0 aromatic heterocycles. The molecule has 0 aliphatic carbocycles. The predicted molar refractivity (Wildman–Crippen MR) is 66.1 cm³/mol. The molecule has 3 heteroatoms. The Bertz CT molecular complexity index is 494. The summed E-state index contributed by atoms with van der Waals surface area (Å²) in [4.78, 5) is 9.86. The summed E-state index contributed by atoms with van der Waals surface area (Å²) in [6.07, 6.45) is 0. The van der Waals surface area contributed by atoms with Gasteiger partial charge in [-0.15, -0.1) is 0 Å². The molecule has 0 bridgehead atoms. The lowest BCUT2D eigenvalue weighted by atomic mass is 10.0. The van der Waals surface area contributed by atoms with E-state index < -0.39 is 0 Å². The molecule has 0 saturated carbocycles. The Morgan fingerprint density at radius 2 is 1.24 bits per heavy atom. The van der Waals surface area contributed by atoms with Crippen molar-refractivity contribution in [2.45, 2.75) is 0 Å². The third-order valence-corrected chi connectivity index (χ3v) is 2.46. The van der Waals surface area contributed by atoms with Crippen molar-refractivity contribution in [3.05, 3.63) is 48.5 Å². The quantitative estimate of drug-likeness (QED) is 0.595. The Kier molecular flexibility index (Phi) is 3.62. The summed E-state index contributed by atoms with van der Waals surface area (Å²) < 4.78 is 5.34. The molecule has 2 aromatic carbocycles. The zero-order valence-corrected chi connectivity index (χ0v) is 9.84. The molecular weight excluding hydrogens is 216 g/mol. The number of rotatable bonds is 4. The molecule has 0 unspecified atom stereocenters. The van der Waals surface area contributed by atoms with Gasteiger partial charge in [0.25, 0.3) is 0 Å². The van der Waals surface area contributed by atoms with Gasteiger partial charge in [0.2, 0.25) is 0 Å². The first-order chi connectivity index (χ1) is 8.36. The zero-order valence-electron chi connectivity index (χ0n) is 9.84. The fourth-order valence-electron chi connectivity index (χ4n) is 1.72.